The van der Waals surface area contributed by atoms with Crippen LogP contribution in [0.2, 0.25) is 0 Å². The standard InChI is InChI=1S/C18H23N7O2/c1-23-13-21-15(22-23)17(27)25-10-4-18(5-11-25)2-8-24(9-3-18)16(26)14-12-19-6-7-20-14/h6-7,12-13H,2-5,8-11H2,1H3. The lowest BCUT2D eigenvalue weighted by Gasteiger charge is -2.46. The zero-order valence-corrected chi connectivity index (χ0v) is 15.4. The van der Waals surface area contributed by atoms with E-state index in [1.54, 1.807) is 30.5 Å². The lowest BCUT2D eigenvalue weighted by Crippen LogP contribution is -2.49. The minimum Gasteiger partial charge on any atom is -0.337 e. The Morgan fingerprint density at radius 3 is 2.07 bits per heavy atom. The summed E-state index contributed by atoms with van der Waals surface area (Å²) < 4.78 is 1.54. The van der Waals surface area contributed by atoms with Crippen molar-refractivity contribution < 1.29 is 9.59 Å². The molecule has 2 aliphatic rings. The molecular weight excluding hydrogens is 346 g/mol. The van der Waals surface area contributed by atoms with Gasteiger partial charge in [0, 0.05) is 45.6 Å². The zero-order chi connectivity index (χ0) is 18.9. The molecule has 142 valence electrons. The number of nitrogens with zero attached hydrogens (tertiary/aromatic N) is 7. The predicted octanol–water partition coefficient (Wildman–Crippen LogP) is 0.764. The molecule has 9 heteroatoms. The van der Waals surface area contributed by atoms with Gasteiger partial charge in [0.15, 0.2) is 0 Å². The van der Waals surface area contributed by atoms with Crippen LogP contribution >= 0.6 is 0 Å². The molecule has 4 heterocycles. The Bertz CT molecular complexity index is 817. The largest absolute Gasteiger partial charge is 0.337 e. The molecule has 2 aromatic heterocycles. The number of aryl methyl sites for hydroxylation is 1. The highest BCUT2D eigenvalue weighted by molar-refractivity contribution is 5.92. The molecule has 2 saturated heterocycles. The fraction of sp³-hybridized carbons (Fsp3) is 0.556. The Morgan fingerprint density at radius 2 is 1.56 bits per heavy atom. The highest BCUT2D eigenvalue weighted by atomic mass is 16.2. The maximum atomic E-state index is 12.5. The Labute approximate surface area is 157 Å². The molecule has 1 spiro atoms. The van der Waals surface area contributed by atoms with E-state index in [1.165, 1.54) is 6.20 Å². The monoisotopic (exact) mass is 369 g/mol. The predicted molar refractivity (Wildman–Crippen MR) is 95.7 cm³/mol. The second-order valence-corrected chi connectivity index (χ2v) is 7.42. The summed E-state index contributed by atoms with van der Waals surface area (Å²) in [5.74, 6) is 0.116. The first-order chi connectivity index (χ1) is 13.1. The van der Waals surface area contributed by atoms with E-state index in [0.29, 0.717) is 5.69 Å². The Hall–Kier alpha value is -2.84. The molecule has 0 atom stereocenters. The van der Waals surface area contributed by atoms with Crippen LogP contribution in [-0.4, -0.2) is 72.5 Å². The van der Waals surface area contributed by atoms with Gasteiger partial charge in [-0.1, -0.05) is 0 Å². The van der Waals surface area contributed by atoms with Gasteiger partial charge >= 0.3 is 0 Å². The van der Waals surface area contributed by atoms with Crippen molar-refractivity contribution in [3.63, 3.8) is 0 Å². The molecule has 0 bridgehead atoms. The third-order valence-corrected chi connectivity index (χ3v) is 5.80. The van der Waals surface area contributed by atoms with Crippen LogP contribution in [-0.2, 0) is 7.05 Å². The number of rotatable bonds is 2. The average Bonchev–Trinajstić information content (AvgIpc) is 3.15. The van der Waals surface area contributed by atoms with Gasteiger partial charge in [0.2, 0.25) is 5.82 Å². The summed E-state index contributed by atoms with van der Waals surface area (Å²) in [7, 11) is 1.76. The number of hydrogen-bond donors (Lipinski definition) is 0. The van der Waals surface area contributed by atoms with Gasteiger partial charge in [-0.2, -0.15) is 0 Å². The van der Waals surface area contributed by atoms with Crippen molar-refractivity contribution in [2.75, 3.05) is 26.2 Å². The lowest BCUT2D eigenvalue weighted by atomic mass is 9.71. The molecule has 0 aromatic carbocycles. The quantitative estimate of drug-likeness (QED) is 0.775. The van der Waals surface area contributed by atoms with Crippen molar-refractivity contribution in [3.05, 3.63) is 36.4 Å². The fourth-order valence-corrected chi connectivity index (χ4v) is 4.02. The van der Waals surface area contributed by atoms with Crippen molar-refractivity contribution in [1.29, 1.82) is 0 Å². The van der Waals surface area contributed by atoms with Gasteiger partial charge in [0.05, 0.1) is 6.20 Å². The molecule has 27 heavy (non-hydrogen) atoms. The van der Waals surface area contributed by atoms with Crippen LogP contribution < -0.4 is 0 Å². The maximum absolute atomic E-state index is 12.5. The third kappa shape index (κ3) is 3.54. The molecular formula is C18H23N7O2. The first kappa shape index (κ1) is 17.6. The van der Waals surface area contributed by atoms with Crippen molar-refractivity contribution in [2.45, 2.75) is 25.7 Å². The van der Waals surface area contributed by atoms with E-state index >= 15 is 0 Å². The van der Waals surface area contributed by atoms with E-state index in [9.17, 15) is 9.59 Å². The number of carbonyl (C=O) groups is 2. The summed E-state index contributed by atoms with van der Waals surface area (Å²) in [6.45, 7) is 2.89. The highest BCUT2D eigenvalue weighted by Gasteiger charge is 2.40. The molecule has 2 aromatic rings. The minimum atomic E-state index is -0.0966. The van der Waals surface area contributed by atoms with E-state index in [1.807, 2.05) is 9.80 Å². The number of carbonyl (C=O) groups excluding carboxylic acids is 2. The van der Waals surface area contributed by atoms with Gasteiger partial charge in [-0.25, -0.2) is 9.97 Å². The van der Waals surface area contributed by atoms with Gasteiger partial charge < -0.3 is 9.80 Å². The number of hydrogen-bond acceptors (Lipinski definition) is 6. The lowest BCUT2D eigenvalue weighted by molar-refractivity contribution is 0.0273. The second kappa shape index (κ2) is 7.05. The van der Waals surface area contributed by atoms with Crippen LogP contribution in [0.5, 0.6) is 0 Å². The second-order valence-electron chi connectivity index (χ2n) is 7.42. The van der Waals surface area contributed by atoms with Crippen LogP contribution in [0.4, 0.5) is 0 Å². The molecule has 0 radical (unpaired) electrons. The van der Waals surface area contributed by atoms with Crippen molar-refractivity contribution in [3.8, 4) is 0 Å². The molecule has 9 nitrogen and oxygen atoms in total. The molecule has 0 saturated carbocycles. The molecule has 4 rings (SSSR count). The minimum absolute atomic E-state index is 0.0493. The highest BCUT2D eigenvalue weighted by Crippen LogP contribution is 2.41. The van der Waals surface area contributed by atoms with Crippen LogP contribution in [0.15, 0.2) is 24.9 Å². The summed E-state index contributed by atoms with van der Waals surface area (Å²) >= 11 is 0. The van der Waals surface area contributed by atoms with Crippen LogP contribution in [0.1, 0.15) is 46.8 Å². The summed E-state index contributed by atoms with van der Waals surface area (Å²) in [5, 5.41) is 4.11. The van der Waals surface area contributed by atoms with Gasteiger partial charge in [0.1, 0.15) is 12.0 Å². The van der Waals surface area contributed by atoms with Crippen molar-refractivity contribution in [2.24, 2.45) is 12.5 Å². The summed E-state index contributed by atoms with van der Waals surface area (Å²) in [6.07, 6.45) is 10.0. The Kier molecular flexibility index (Phi) is 4.59. The first-order valence-electron chi connectivity index (χ1n) is 9.27. The first-order valence-corrected chi connectivity index (χ1v) is 9.27. The van der Waals surface area contributed by atoms with Crippen LogP contribution in [0.25, 0.3) is 0 Å². The summed E-state index contributed by atoms with van der Waals surface area (Å²) in [4.78, 5) is 40.9. The molecule has 0 aliphatic carbocycles. The fourth-order valence-electron chi connectivity index (χ4n) is 4.02. The number of aromatic nitrogens is 5. The normalized spacial score (nSPS) is 19.3. The molecule has 2 aliphatic heterocycles. The number of likely N-dealkylation sites (tertiary alicyclic amines) is 2. The third-order valence-electron chi connectivity index (χ3n) is 5.80. The van der Waals surface area contributed by atoms with Gasteiger partial charge in [-0.15, -0.1) is 5.10 Å². The van der Waals surface area contributed by atoms with E-state index in [0.717, 1.165) is 51.9 Å². The van der Waals surface area contributed by atoms with E-state index in [4.69, 9.17) is 0 Å². The zero-order valence-electron chi connectivity index (χ0n) is 15.4. The van der Waals surface area contributed by atoms with Crippen LogP contribution in [0, 0.1) is 5.41 Å². The smallest absolute Gasteiger partial charge is 0.293 e. The molecule has 2 amide bonds. The number of amides is 2. The topological polar surface area (TPSA) is 97.1 Å². The summed E-state index contributed by atoms with van der Waals surface area (Å²) in [6, 6.07) is 0. The van der Waals surface area contributed by atoms with Gasteiger partial charge in [-0.05, 0) is 31.1 Å². The van der Waals surface area contributed by atoms with Gasteiger partial charge in [-0.3, -0.25) is 19.3 Å². The Balaban J connectivity index is 1.32. The summed E-state index contributed by atoms with van der Waals surface area (Å²) in [5.41, 5.74) is 0.615. The van der Waals surface area contributed by atoms with E-state index in [2.05, 4.69) is 20.1 Å². The SMILES string of the molecule is Cn1cnc(C(=O)N2CCC3(CCN(C(=O)c4cnccn4)CC3)CC2)n1. The molecule has 0 unspecified atom stereocenters. The molecule has 2 fully saturated rings. The maximum Gasteiger partial charge on any atom is 0.293 e. The molecule has 0 N–H and O–H groups in total. The van der Waals surface area contributed by atoms with E-state index < -0.39 is 0 Å². The van der Waals surface area contributed by atoms with Crippen molar-refractivity contribution in [1.82, 2.24) is 34.5 Å². The van der Waals surface area contributed by atoms with Crippen molar-refractivity contribution >= 4 is 11.8 Å². The number of piperidine rings is 2. The average molecular weight is 369 g/mol. The Morgan fingerprint density at radius 1 is 0.926 bits per heavy atom. The van der Waals surface area contributed by atoms with Crippen LogP contribution in [0.3, 0.4) is 0 Å². The van der Waals surface area contributed by atoms with Gasteiger partial charge in [0.25, 0.3) is 11.8 Å². The van der Waals surface area contributed by atoms with E-state index in [-0.39, 0.29) is 23.1 Å².